The molecular formula is C17H28N6O4S. The van der Waals surface area contributed by atoms with E-state index in [1.165, 1.54) is 7.11 Å². The highest BCUT2D eigenvalue weighted by Crippen LogP contribution is 2.30. The van der Waals surface area contributed by atoms with Crippen LogP contribution in [0.5, 0.6) is 17.4 Å². The first kappa shape index (κ1) is 23.5. The van der Waals surface area contributed by atoms with Gasteiger partial charge in [0.2, 0.25) is 5.95 Å². The van der Waals surface area contributed by atoms with Gasteiger partial charge in [0.15, 0.2) is 17.3 Å². The lowest BCUT2D eigenvalue weighted by Gasteiger charge is -2.19. The standard InChI is InChI=1S/C17H26N6O4.H2S/c1-4-5-11(7-9-24)20-15-16(22-23-17(18)21-15)27-10-12-14(26-3)13(25-2)6-8-19-12;/h6,8,11,24H,4-5,7,9-10H2,1-3H3,(H3,18,20,21,23);1H2/t11-;/m0./s1. The van der Waals surface area contributed by atoms with Crippen LogP contribution in [0.1, 0.15) is 31.9 Å². The third-order valence-corrected chi connectivity index (χ3v) is 3.84. The fourth-order valence-corrected chi connectivity index (χ4v) is 2.60. The number of ether oxygens (including phenoxy) is 3. The number of anilines is 2. The lowest BCUT2D eigenvalue weighted by Crippen LogP contribution is -2.23. The quantitative estimate of drug-likeness (QED) is 0.498. The summed E-state index contributed by atoms with van der Waals surface area (Å²) < 4.78 is 16.4. The maximum Gasteiger partial charge on any atom is 0.277 e. The molecule has 0 spiro atoms. The summed E-state index contributed by atoms with van der Waals surface area (Å²) in [6.07, 6.45) is 3.98. The van der Waals surface area contributed by atoms with Crippen molar-refractivity contribution in [3.8, 4) is 17.4 Å². The van der Waals surface area contributed by atoms with E-state index in [1.807, 2.05) is 0 Å². The molecule has 2 heterocycles. The fraction of sp³-hybridized carbons (Fsp3) is 0.529. The number of methoxy groups -OCH3 is 2. The predicted octanol–water partition coefficient (Wildman–Crippen LogP) is 1.52. The lowest BCUT2D eigenvalue weighted by molar-refractivity contribution is 0.269. The zero-order valence-electron chi connectivity index (χ0n) is 16.3. The van der Waals surface area contributed by atoms with Gasteiger partial charge in [0, 0.05) is 24.9 Å². The second kappa shape index (κ2) is 12.0. The number of nitrogens with zero attached hydrogens (tertiary/aromatic N) is 4. The van der Waals surface area contributed by atoms with Crippen LogP contribution in [-0.4, -0.2) is 52.1 Å². The highest BCUT2D eigenvalue weighted by molar-refractivity contribution is 7.59. The molecule has 0 fully saturated rings. The average molecular weight is 413 g/mol. The van der Waals surface area contributed by atoms with Crippen LogP contribution in [0, 0.1) is 0 Å². The van der Waals surface area contributed by atoms with Crippen molar-refractivity contribution in [3.63, 3.8) is 0 Å². The highest BCUT2D eigenvalue weighted by atomic mass is 32.1. The van der Waals surface area contributed by atoms with E-state index < -0.39 is 0 Å². The van der Waals surface area contributed by atoms with E-state index in [0.29, 0.717) is 29.4 Å². The van der Waals surface area contributed by atoms with Gasteiger partial charge < -0.3 is 30.4 Å². The van der Waals surface area contributed by atoms with Gasteiger partial charge in [-0.25, -0.2) is 0 Å². The van der Waals surface area contributed by atoms with E-state index >= 15 is 0 Å². The molecule has 0 aromatic carbocycles. The Bertz CT molecular complexity index is 731. The molecule has 28 heavy (non-hydrogen) atoms. The van der Waals surface area contributed by atoms with Crippen LogP contribution in [-0.2, 0) is 6.61 Å². The van der Waals surface area contributed by atoms with Gasteiger partial charge in [-0.1, -0.05) is 13.3 Å². The molecule has 0 bridgehead atoms. The molecule has 0 saturated heterocycles. The Morgan fingerprint density at radius 2 is 2.00 bits per heavy atom. The van der Waals surface area contributed by atoms with Gasteiger partial charge in [0.25, 0.3) is 5.88 Å². The van der Waals surface area contributed by atoms with Crippen molar-refractivity contribution >= 4 is 25.3 Å². The van der Waals surface area contributed by atoms with Crippen LogP contribution < -0.4 is 25.3 Å². The van der Waals surface area contributed by atoms with Gasteiger partial charge in [0.05, 0.1) is 14.2 Å². The van der Waals surface area contributed by atoms with E-state index in [9.17, 15) is 5.11 Å². The summed E-state index contributed by atoms with van der Waals surface area (Å²) >= 11 is 0. The Hall–Kier alpha value is -2.53. The van der Waals surface area contributed by atoms with Crippen LogP contribution in [0.4, 0.5) is 11.8 Å². The second-order valence-corrected chi connectivity index (χ2v) is 5.75. The van der Waals surface area contributed by atoms with Crippen LogP contribution in [0.25, 0.3) is 0 Å². The maximum absolute atomic E-state index is 9.25. The molecule has 0 aliphatic carbocycles. The highest BCUT2D eigenvalue weighted by Gasteiger charge is 2.17. The normalized spacial score (nSPS) is 11.3. The van der Waals surface area contributed by atoms with Crippen molar-refractivity contribution in [2.75, 3.05) is 31.9 Å². The predicted molar refractivity (Wildman–Crippen MR) is 110 cm³/mol. The van der Waals surface area contributed by atoms with Gasteiger partial charge in [-0.05, 0) is 12.8 Å². The monoisotopic (exact) mass is 412 g/mol. The largest absolute Gasteiger partial charge is 0.493 e. The van der Waals surface area contributed by atoms with Crippen LogP contribution in [0.15, 0.2) is 12.3 Å². The number of aliphatic hydroxyl groups is 1. The van der Waals surface area contributed by atoms with E-state index in [-0.39, 0.29) is 44.6 Å². The first-order valence-electron chi connectivity index (χ1n) is 8.69. The lowest BCUT2D eigenvalue weighted by atomic mass is 10.1. The molecule has 2 rings (SSSR count). The van der Waals surface area contributed by atoms with Gasteiger partial charge in [-0.15, -0.1) is 10.2 Å². The number of hydrogen-bond donors (Lipinski definition) is 3. The van der Waals surface area contributed by atoms with Crippen molar-refractivity contribution in [2.45, 2.75) is 38.8 Å². The summed E-state index contributed by atoms with van der Waals surface area (Å²) in [5.41, 5.74) is 6.21. The molecule has 0 saturated carbocycles. The Balaban J connectivity index is 0.00000392. The number of hydrogen-bond acceptors (Lipinski definition) is 10. The van der Waals surface area contributed by atoms with Crippen molar-refractivity contribution in [3.05, 3.63) is 18.0 Å². The van der Waals surface area contributed by atoms with Crippen LogP contribution >= 0.6 is 13.5 Å². The summed E-state index contributed by atoms with van der Waals surface area (Å²) in [5.74, 6) is 1.62. The Kier molecular flexibility index (Phi) is 10.1. The number of nitrogens with one attached hydrogen (secondary N) is 1. The molecule has 4 N–H and O–H groups in total. The summed E-state index contributed by atoms with van der Waals surface area (Å²) in [6.45, 7) is 2.21. The fourth-order valence-electron chi connectivity index (χ4n) is 2.60. The summed E-state index contributed by atoms with van der Waals surface area (Å²) in [7, 11) is 3.08. The number of aliphatic hydroxyl groups excluding tert-OH is 1. The third kappa shape index (κ3) is 6.27. The zero-order valence-corrected chi connectivity index (χ0v) is 17.3. The maximum atomic E-state index is 9.25. The Labute approximate surface area is 171 Å². The average Bonchev–Trinajstić information content (AvgIpc) is 2.67. The topological polar surface area (TPSA) is 138 Å². The number of nitrogens with two attached hydrogens (primary N) is 1. The SMILES string of the molecule is CCC[C@@H](CCO)Nc1nc(N)nnc1OCc1nccc(OC)c1OC.S. The van der Waals surface area contributed by atoms with Crippen molar-refractivity contribution < 1.29 is 19.3 Å². The molecule has 2 aromatic heterocycles. The van der Waals surface area contributed by atoms with E-state index in [2.05, 4.69) is 32.4 Å². The van der Waals surface area contributed by atoms with Gasteiger partial charge in [0.1, 0.15) is 12.3 Å². The third-order valence-electron chi connectivity index (χ3n) is 3.84. The Morgan fingerprint density at radius 3 is 2.64 bits per heavy atom. The van der Waals surface area contributed by atoms with Crippen molar-refractivity contribution in [1.82, 2.24) is 20.2 Å². The van der Waals surface area contributed by atoms with Crippen LogP contribution in [0.2, 0.25) is 0 Å². The number of nitrogen functional groups attached to an aromatic ring is 1. The minimum atomic E-state index is 0. The summed E-state index contributed by atoms with van der Waals surface area (Å²) in [4.78, 5) is 8.44. The molecule has 0 aliphatic rings. The molecule has 0 radical (unpaired) electrons. The molecular weight excluding hydrogens is 384 g/mol. The van der Waals surface area contributed by atoms with E-state index in [0.717, 1.165) is 12.8 Å². The summed E-state index contributed by atoms with van der Waals surface area (Å²) in [5, 5.41) is 20.2. The summed E-state index contributed by atoms with van der Waals surface area (Å²) in [6, 6.07) is 1.72. The Morgan fingerprint density at radius 1 is 1.21 bits per heavy atom. The number of rotatable bonds is 11. The zero-order chi connectivity index (χ0) is 19.6. The molecule has 1 atom stereocenters. The van der Waals surface area contributed by atoms with E-state index in [4.69, 9.17) is 19.9 Å². The van der Waals surface area contributed by atoms with Gasteiger partial charge in [-0.3, -0.25) is 4.98 Å². The van der Waals surface area contributed by atoms with Gasteiger partial charge in [-0.2, -0.15) is 18.5 Å². The van der Waals surface area contributed by atoms with Crippen molar-refractivity contribution in [2.24, 2.45) is 0 Å². The molecule has 0 unspecified atom stereocenters. The second-order valence-electron chi connectivity index (χ2n) is 5.75. The van der Waals surface area contributed by atoms with Crippen molar-refractivity contribution in [1.29, 1.82) is 0 Å². The minimum absolute atomic E-state index is 0. The molecule has 11 heteroatoms. The number of pyridine rings is 1. The molecule has 0 amide bonds. The molecule has 0 aliphatic heterocycles. The van der Waals surface area contributed by atoms with E-state index in [1.54, 1.807) is 19.4 Å². The molecule has 2 aromatic rings. The first-order valence-corrected chi connectivity index (χ1v) is 8.69. The molecule has 10 nitrogen and oxygen atoms in total. The molecule has 156 valence electrons. The minimum Gasteiger partial charge on any atom is -0.493 e. The number of aromatic nitrogens is 4. The smallest absolute Gasteiger partial charge is 0.277 e. The van der Waals surface area contributed by atoms with Gasteiger partial charge >= 0.3 is 0 Å². The first-order chi connectivity index (χ1) is 13.1. The van der Waals surface area contributed by atoms with Crippen LogP contribution in [0.3, 0.4) is 0 Å².